The van der Waals surface area contributed by atoms with E-state index in [9.17, 15) is 9.59 Å². The normalized spacial score (nSPS) is 17.4. The molecule has 0 aliphatic carbocycles. The molecule has 2 aromatic carbocycles. The average Bonchev–Trinajstić information content (AvgIpc) is 2.69. The minimum atomic E-state index is -0.577. The molecule has 0 saturated heterocycles. The Kier molecular flexibility index (Phi) is 6.84. The standard InChI is InChI=1S/C21H24N4O2S/c1-14-11-19(26)24-25-20(14)16-7-9-17(10-8-16)23-21(27)18(22)13-28-12-15-5-3-2-4-6-15/h2-10,14,18H,11-13,22H2,1H3,(H,23,27)(H,24,26)/t14?,18-/m0/s1. The van der Waals surface area contributed by atoms with Crippen LogP contribution in [0.3, 0.4) is 0 Å². The van der Waals surface area contributed by atoms with E-state index in [2.05, 4.69) is 28.0 Å². The van der Waals surface area contributed by atoms with Crippen molar-refractivity contribution in [2.75, 3.05) is 11.1 Å². The summed E-state index contributed by atoms with van der Waals surface area (Å²) in [7, 11) is 0. The van der Waals surface area contributed by atoms with Crippen molar-refractivity contribution < 1.29 is 9.59 Å². The van der Waals surface area contributed by atoms with Crippen LogP contribution in [0.15, 0.2) is 59.7 Å². The molecule has 146 valence electrons. The van der Waals surface area contributed by atoms with Gasteiger partial charge in [-0.25, -0.2) is 5.43 Å². The van der Waals surface area contributed by atoms with E-state index in [1.54, 1.807) is 11.8 Å². The molecular formula is C21H24N4O2S. The number of thioether (sulfide) groups is 1. The third-order valence-corrected chi connectivity index (χ3v) is 5.59. The van der Waals surface area contributed by atoms with E-state index in [4.69, 9.17) is 5.73 Å². The summed E-state index contributed by atoms with van der Waals surface area (Å²) < 4.78 is 0. The first-order chi connectivity index (χ1) is 13.5. The van der Waals surface area contributed by atoms with Crippen molar-refractivity contribution in [1.29, 1.82) is 0 Å². The van der Waals surface area contributed by atoms with Crippen molar-refractivity contribution in [3.63, 3.8) is 0 Å². The number of nitrogens with zero attached hydrogens (tertiary/aromatic N) is 1. The molecule has 2 atom stereocenters. The lowest BCUT2D eigenvalue weighted by Crippen LogP contribution is -2.37. The Labute approximate surface area is 169 Å². The Hall–Kier alpha value is -2.64. The van der Waals surface area contributed by atoms with E-state index < -0.39 is 6.04 Å². The summed E-state index contributed by atoms with van der Waals surface area (Å²) in [5.74, 6) is 1.16. The molecule has 3 rings (SSSR count). The maximum Gasteiger partial charge on any atom is 0.242 e. The van der Waals surface area contributed by atoms with Gasteiger partial charge in [0.15, 0.2) is 0 Å². The number of anilines is 1. The van der Waals surface area contributed by atoms with Crippen LogP contribution >= 0.6 is 11.8 Å². The minimum absolute atomic E-state index is 0.0595. The second kappa shape index (κ2) is 9.52. The lowest BCUT2D eigenvalue weighted by molar-refractivity contribution is -0.122. The zero-order valence-electron chi connectivity index (χ0n) is 15.7. The molecule has 1 heterocycles. The van der Waals surface area contributed by atoms with Crippen LogP contribution in [0.25, 0.3) is 0 Å². The van der Waals surface area contributed by atoms with Gasteiger partial charge in [-0.1, -0.05) is 49.4 Å². The summed E-state index contributed by atoms with van der Waals surface area (Å²) in [6, 6.07) is 16.9. The van der Waals surface area contributed by atoms with Gasteiger partial charge in [0.1, 0.15) is 0 Å². The predicted octanol–water partition coefficient (Wildman–Crippen LogP) is 2.75. The Bertz CT molecular complexity index is 852. The van der Waals surface area contributed by atoms with Crippen LogP contribution in [0, 0.1) is 5.92 Å². The number of rotatable bonds is 7. The molecule has 1 unspecified atom stereocenters. The third kappa shape index (κ3) is 5.43. The Morgan fingerprint density at radius 2 is 1.96 bits per heavy atom. The van der Waals surface area contributed by atoms with Crippen molar-refractivity contribution in [1.82, 2.24) is 5.43 Å². The zero-order chi connectivity index (χ0) is 19.9. The highest BCUT2D eigenvalue weighted by Gasteiger charge is 2.21. The van der Waals surface area contributed by atoms with Gasteiger partial charge in [0.25, 0.3) is 0 Å². The summed E-state index contributed by atoms with van der Waals surface area (Å²) in [5.41, 5.74) is 12.2. The molecule has 2 amide bonds. The topological polar surface area (TPSA) is 96.6 Å². The number of hydrogen-bond acceptors (Lipinski definition) is 5. The Balaban J connectivity index is 1.50. The molecule has 1 aliphatic rings. The smallest absolute Gasteiger partial charge is 0.242 e. The number of carbonyl (C=O) groups is 2. The fourth-order valence-electron chi connectivity index (χ4n) is 2.92. The molecule has 4 N–H and O–H groups in total. The third-order valence-electron chi connectivity index (χ3n) is 4.45. The number of amides is 2. The quantitative estimate of drug-likeness (QED) is 0.670. The summed E-state index contributed by atoms with van der Waals surface area (Å²) in [6.45, 7) is 1.97. The average molecular weight is 397 g/mol. The molecule has 1 aliphatic heterocycles. The van der Waals surface area contributed by atoms with E-state index in [1.165, 1.54) is 5.56 Å². The zero-order valence-corrected chi connectivity index (χ0v) is 16.5. The van der Waals surface area contributed by atoms with Crippen LogP contribution in [0.2, 0.25) is 0 Å². The van der Waals surface area contributed by atoms with Gasteiger partial charge in [-0.2, -0.15) is 16.9 Å². The monoisotopic (exact) mass is 396 g/mol. The fourth-order valence-corrected chi connectivity index (χ4v) is 3.87. The number of nitrogens with two attached hydrogens (primary N) is 1. The molecule has 7 heteroatoms. The number of hydrazone groups is 1. The van der Waals surface area contributed by atoms with Crippen LogP contribution < -0.4 is 16.5 Å². The number of benzene rings is 2. The number of carbonyl (C=O) groups excluding carboxylic acids is 2. The van der Waals surface area contributed by atoms with E-state index in [1.807, 2.05) is 49.4 Å². The predicted molar refractivity (Wildman–Crippen MR) is 114 cm³/mol. The molecule has 28 heavy (non-hydrogen) atoms. The van der Waals surface area contributed by atoms with Gasteiger partial charge in [-0.05, 0) is 23.3 Å². The van der Waals surface area contributed by atoms with Gasteiger partial charge in [-0.3, -0.25) is 9.59 Å². The van der Waals surface area contributed by atoms with E-state index in [0.29, 0.717) is 17.9 Å². The second-order valence-corrected chi connectivity index (χ2v) is 7.84. The molecule has 0 aromatic heterocycles. The van der Waals surface area contributed by atoms with Gasteiger partial charge in [0.05, 0.1) is 11.8 Å². The lowest BCUT2D eigenvalue weighted by Gasteiger charge is -2.19. The van der Waals surface area contributed by atoms with Crippen molar-refractivity contribution in [2.45, 2.75) is 25.1 Å². The van der Waals surface area contributed by atoms with Gasteiger partial charge in [0, 0.05) is 29.5 Å². The summed E-state index contributed by atoms with van der Waals surface area (Å²) >= 11 is 1.64. The first-order valence-corrected chi connectivity index (χ1v) is 10.3. The van der Waals surface area contributed by atoms with Gasteiger partial charge in [0.2, 0.25) is 11.8 Å². The van der Waals surface area contributed by atoms with Crippen LogP contribution in [0.1, 0.15) is 24.5 Å². The first kappa shape index (κ1) is 20.1. The van der Waals surface area contributed by atoms with Crippen LogP contribution in [0.5, 0.6) is 0 Å². The molecule has 2 aromatic rings. The highest BCUT2D eigenvalue weighted by atomic mass is 32.2. The fraction of sp³-hybridized carbons (Fsp3) is 0.286. The van der Waals surface area contributed by atoms with Gasteiger partial charge in [-0.15, -0.1) is 0 Å². The van der Waals surface area contributed by atoms with Crippen molar-refractivity contribution >= 4 is 35.0 Å². The van der Waals surface area contributed by atoms with Crippen molar-refractivity contribution in [3.8, 4) is 0 Å². The maximum atomic E-state index is 12.3. The van der Waals surface area contributed by atoms with Crippen LogP contribution in [-0.2, 0) is 15.3 Å². The molecule has 0 bridgehead atoms. The second-order valence-electron chi connectivity index (χ2n) is 6.81. The number of hydrogen-bond donors (Lipinski definition) is 3. The van der Waals surface area contributed by atoms with Crippen LogP contribution in [0.4, 0.5) is 5.69 Å². The number of nitrogens with one attached hydrogen (secondary N) is 2. The minimum Gasteiger partial charge on any atom is -0.325 e. The van der Waals surface area contributed by atoms with Crippen LogP contribution in [-0.4, -0.2) is 29.3 Å². The van der Waals surface area contributed by atoms with Gasteiger partial charge >= 0.3 is 0 Å². The van der Waals surface area contributed by atoms with Crippen molar-refractivity contribution in [3.05, 3.63) is 65.7 Å². The highest BCUT2D eigenvalue weighted by molar-refractivity contribution is 7.98. The highest BCUT2D eigenvalue weighted by Crippen LogP contribution is 2.19. The molecule has 0 spiro atoms. The van der Waals surface area contributed by atoms with E-state index in [-0.39, 0.29) is 17.7 Å². The van der Waals surface area contributed by atoms with E-state index in [0.717, 1.165) is 17.0 Å². The lowest BCUT2D eigenvalue weighted by atomic mass is 9.94. The SMILES string of the molecule is CC1CC(=O)NN=C1c1ccc(NC(=O)[C@@H](N)CSCc2ccccc2)cc1. The Morgan fingerprint density at radius 3 is 2.64 bits per heavy atom. The maximum absolute atomic E-state index is 12.3. The molecule has 0 fully saturated rings. The molecule has 0 radical (unpaired) electrons. The largest absolute Gasteiger partial charge is 0.325 e. The first-order valence-electron chi connectivity index (χ1n) is 9.18. The molecular weight excluding hydrogens is 372 g/mol. The van der Waals surface area contributed by atoms with Crippen molar-refractivity contribution in [2.24, 2.45) is 16.8 Å². The van der Waals surface area contributed by atoms with Gasteiger partial charge < -0.3 is 11.1 Å². The Morgan fingerprint density at radius 1 is 1.25 bits per heavy atom. The van der Waals surface area contributed by atoms with E-state index >= 15 is 0 Å². The molecule has 6 nitrogen and oxygen atoms in total. The molecule has 0 saturated carbocycles. The summed E-state index contributed by atoms with van der Waals surface area (Å²) in [5, 5.41) is 7.00. The summed E-state index contributed by atoms with van der Waals surface area (Å²) in [6.07, 6.45) is 0.423. The summed E-state index contributed by atoms with van der Waals surface area (Å²) in [4.78, 5) is 23.7.